The molecule has 4 amide bonds. The summed E-state index contributed by atoms with van der Waals surface area (Å²) in [6.45, 7) is 0. The van der Waals surface area contributed by atoms with Gasteiger partial charge in [0.15, 0.2) is 0 Å². The predicted molar refractivity (Wildman–Crippen MR) is 46.9 cm³/mol. The van der Waals surface area contributed by atoms with Gasteiger partial charge < -0.3 is 25.9 Å². The van der Waals surface area contributed by atoms with Crippen LogP contribution in [0.15, 0.2) is 0 Å². The van der Waals surface area contributed by atoms with E-state index in [0.29, 0.717) is 0 Å². The summed E-state index contributed by atoms with van der Waals surface area (Å²) in [5, 5.41) is 3.81. The van der Waals surface area contributed by atoms with Crippen LogP contribution in [0, 0.1) is 0 Å². The molecule has 0 aromatic heterocycles. The number of amides is 4. The summed E-state index contributed by atoms with van der Waals surface area (Å²) in [6.07, 6.45) is -1.42. The van der Waals surface area contributed by atoms with Crippen molar-refractivity contribution < 1.29 is 18.2 Å². The standard InChI is InChI=1S/C4H8N4O4.Al.ClH/c5-3(11)7-1(2(9)10)8-4(6)12;;/h1H,(H,9,10)(H3,5,7,11)(H3,6,8,12);;1H/q;+2;/p-2. The molecule has 0 aliphatic carbocycles. The Labute approximate surface area is 89.5 Å². The molecule has 0 spiro atoms. The minimum Gasteiger partial charge on any atom is -0.607 e. The third-order valence-electron chi connectivity index (χ3n) is 0.970. The van der Waals surface area contributed by atoms with Crippen LogP contribution in [0.25, 0.3) is 0 Å². The van der Waals surface area contributed by atoms with Gasteiger partial charge in [0.25, 0.3) is 0 Å². The van der Waals surface area contributed by atoms with Crippen LogP contribution in [-0.2, 0) is 8.58 Å². The van der Waals surface area contributed by atoms with Crippen LogP contribution >= 0.6 is 10.0 Å². The molecule has 0 aromatic rings. The second kappa shape index (κ2) is 6.31. The van der Waals surface area contributed by atoms with Crippen LogP contribution in [-0.4, -0.2) is 38.8 Å². The molecule has 6 N–H and O–H groups in total. The van der Waals surface area contributed by atoms with E-state index in [-0.39, 0.29) is 0 Å². The normalized spacial score (nSPS) is 9.00. The van der Waals surface area contributed by atoms with Crippen molar-refractivity contribution >= 4 is 42.7 Å². The minimum atomic E-state index is -1.42. The number of nitrogens with one attached hydrogen (secondary N) is 2. The fourth-order valence-electron chi connectivity index (χ4n) is 0.550. The molecular weight excluding hydrogens is 231 g/mol. The van der Waals surface area contributed by atoms with Gasteiger partial charge in [-0.15, -0.1) is 0 Å². The molecule has 1 radical (unpaired) electrons. The number of urea groups is 2. The number of hydrogen-bond donors (Lipinski definition) is 4. The quantitative estimate of drug-likeness (QED) is 0.331. The molecule has 0 aliphatic rings. The highest BCUT2D eigenvalue weighted by Crippen LogP contribution is 1.85. The topological polar surface area (TPSA) is 137 Å². The van der Waals surface area contributed by atoms with E-state index < -0.39 is 38.8 Å². The average molecular weight is 238 g/mol. The van der Waals surface area contributed by atoms with Crippen LogP contribution in [0.1, 0.15) is 0 Å². The van der Waals surface area contributed by atoms with Crippen LogP contribution in [0.5, 0.6) is 0 Å². The maximum absolute atomic E-state index is 11.0. The fraction of sp³-hybridized carbons (Fsp3) is 0.250. The third-order valence-corrected chi connectivity index (χ3v) is 1.56. The van der Waals surface area contributed by atoms with Crippen molar-refractivity contribution in [3.63, 3.8) is 0 Å². The van der Waals surface area contributed by atoms with Gasteiger partial charge in [-0.3, -0.25) is 4.79 Å². The number of rotatable bonds is 4. The summed E-state index contributed by atoms with van der Waals surface area (Å²) in [6, 6.07) is -2.02. The summed E-state index contributed by atoms with van der Waals surface area (Å²) >= 11 is -1.07. The fourth-order valence-corrected chi connectivity index (χ4v) is 1.04. The summed E-state index contributed by atoms with van der Waals surface area (Å²) in [7, 11) is 5.17. The lowest BCUT2D eigenvalue weighted by Gasteiger charge is -2.16. The molecule has 10 heteroatoms. The van der Waals surface area contributed by atoms with E-state index in [9.17, 15) is 14.4 Å². The smallest absolute Gasteiger partial charge is 0.607 e. The number of carbonyl (C=O) groups is 3. The van der Waals surface area contributed by atoms with Gasteiger partial charge in [0, 0.05) is 0 Å². The summed E-state index contributed by atoms with van der Waals surface area (Å²) < 4.78 is 4.38. The molecule has 0 rings (SSSR count). The van der Waals surface area contributed by atoms with E-state index in [1.54, 1.807) is 0 Å². The van der Waals surface area contributed by atoms with E-state index in [2.05, 4.69) is 3.79 Å². The van der Waals surface area contributed by atoms with Gasteiger partial charge in [-0.25, -0.2) is 19.6 Å². The molecule has 77 valence electrons. The second-order valence-corrected chi connectivity index (χ2v) is 2.92. The first kappa shape index (κ1) is 12.8. The summed E-state index contributed by atoms with van der Waals surface area (Å²) in [4.78, 5) is 31.8. The zero-order chi connectivity index (χ0) is 11.1. The SMILES string of the molecule is NC(=O)NC(NC(N)=O)C(=O)[O][Al][Cl]. The zero-order valence-corrected chi connectivity index (χ0v) is 8.73. The lowest BCUT2D eigenvalue weighted by molar-refractivity contribution is -0.136. The Bertz CT molecular complexity index is 233. The third kappa shape index (κ3) is 5.47. The highest BCUT2D eigenvalue weighted by Gasteiger charge is 2.21. The van der Waals surface area contributed by atoms with Gasteiger partial charge in [0.2, 0.25) is 6.17 Å². The van der Waals surface area contributed by atoms with Crippen molar-refractivity contribution in [3.05, 3.63) is 0 Å². The van der Waals surface area contributed by atoms with Crippen molar-refractivity contribution in [2.75, 3.05) is 0 Å². The first-order chi connectivity index (χ1) is 6.47. The lowest BCUT2D eigenvalue weighted by atomic mass is 10.5. The Balaban J connectivity index is 4.29. The van der Waals surface area contributed by atoms with Gasteiger partial charge >= 0.3 is 32.7 Å². The maximum atomic E-state index is 11.0. The number of hydrogen-bond acceptors (Lipinski definition) is 4. The van der Waals surface area contributed by atoms with Crippen molar-refractivity contribution in [2.24, 2.45) is 11.5 Å². The highest BCUT2D eigenvalue weighted by molar-refractivity contribution is 6.90. The van der Waals surface area contributed by atoms with Crippen LogP contribution in [0.4, 0.5) is 9.59 Å². The minimum absolute atomic E-state index is 0.937. The van der Waals surface area contributed by atoms with Crippen LogP contribution < -0.4 is 22.1 Å². The van der Waals surface area contributed by atoms with Crippen molar-refractivity contribution in [3.8, 4) is 0 Å². The maximum Gasteiger partial charge on any atom is 0.675 e. The molecule has 0 heterocycles. The number of halogens is 1. The Hall–Kier alpha value is -1.17. The molecule has 0 unspecified atom stereocenters. The predicted octanol–water partition coefficient (Wildman–Crippen LogP) is -2.03. The number of carbonyl (C=O) groups excluding carboxylic acids is 3. The number of primary amides is 2. The van der Waals surface area contributed by atoms with Crippen LogP contribution in [0.3, 0.4) is 0 Å². The van der Waals surface area contributed by atoms with E-state index in [0.717, 1.165) is 0 Å². The first-order valence-corrected chi connectivity index (χ1v) is 5.43. The Morgan fingerprint density at radius 3 is 1.93 bits per heavy atom. The summed E-state index contributed by atoms with van der Waals surface area (Å²) in [5.41, 5.74) is 9.45. The van der Waals surface area contributed by atoms with Crippen LogP contribution in [0.2, 0.25) is 0 Å². The van der Waals surface area contributed by atoms with Crippen molar-refractivity contribution in [1.82, 2.24) is 10.6 Å². The molecule has 0 atom stereocenters. The lowest BCUT2D eigenvalue weighted by Crippen LogP contribution is -2.56. The Morgan fingerprint density at radius 2 is 1.64 bits per heavy atom. The molecule has 0 fully saturated rings. The largest absolute Gasteiger partial charge is 0.675 e. The van der Waals surface area contributed by atoms with Gasteiger partial charge in [-0.05, 0) is 0 Å². The first-order valence-electron chi connectivity index (χ1n) is 3.21. The van der Waals surface area contributed by atoms with Gasteiger partial charge in [0.05, 0.1) is 0 Å². The second-order valence-electron chi connectivity index (χ2n) is 1.98. The van der Waals surface area contributed by atoms with E-state index in [1.807, 2.05) is 10.6 Å². The van der Waals surface area contributed by atoms with Gasteiger partial charge in [-0.2, -0.15) is 0 Å². The molecule has 0 aliphatic heterocycles. The summed E-state index contributed by atoms with van der Waals surface area (Å²) in [5.74, 6) is -0.937. The molecule has 8 nitrogen and oxygen atoms in total. The monoisotopic (exact) mass is 237 g/mol. The highest BCUT2D eigenvalue weighted by atomic mass is 35.6. The average Bonchev–Trinajstić information content (AvgIpc) is 2.01. The molecule has 0 saturated heterocycles. The molecule has 14 heavy (non-hydrogen) atoms. The van der Waals surface area contributed by atoms with Crippen molar-refractivity contribution in [2.45, 2.75) is 6.17 Å². The van der Waals surface area contributed by atoms with Crippen molar-refractivity contribution in [1.29, 1.82) is 0 Å². The van der Waals surface area contributed by atoms with E-state index in [1.165, 1.54) is 0 Å². The zero-order valence-electron chi connectivity index (χ0n) is 6.82. The van der Waals surface area contributed by atoms with Gasteiger partial charge in [-0.1, -0.05) is 0 Å². The Morgan fingerprint density at radius 1 is 1.21 bits per heavy atom. The Kier molecular flexibility index (Phi) is 5.78. The van der Waals surface area contributed by atoms with E-state index >= 15 is 0 Å². The van der Waals surface area contributed by atoms with Gasteiger partial charge in [0.1, 0.15) is 0 Å². The van der Waals surface area contributed by atoms with E-state index in [4.69, 9.17) is 21.5 Å². The molecular formula is C4H7AlClN4O4. The molecule has 0 aromatic carbocycles. The molecule has 0 saturated carbocycles. The molecule has 0 bridgehead atoms. The number of nitrogens with two attached hydrogens (primary N) is 2.